The van der Waals surface area contributed by atoms with E-state index in [4.69, 9.17) is 9.84 Å². The third-order valence-corrected chi connectivity index (χ3v) is 1.94. The standard InChI is InChI=1S/C9H15N3O3/c1-12-5-7(4-11-12)3-10-8(6-15-2)9(13)14/h4-5,8,10H,3,6H2,1-2H3,(H,13,14). The molecule has 2 N–H and O–H groups in total. The van der Waals surface area contributed by atoms with Crippen LogP contribution in [0, 0.1) is 0 Å². The van der Waals surface area contributed by atoms with Crippen LogP contribution in [0.5, 0.6) is 0 Å². The van der Waals surface area contributed by atoms with E-state index in [1.54, 1.807) is 10.9 Å². The van der Waals surface area contributed by atoms with Crippen molar-refractivity contribution in [3.63, 3.8) is 0 Å². The molecule has 1 unspecified atom stereocenters. The molecule has 0 bridgehead atoms. The van der Waals surface area contributed by atoms with E-state index in [0.717, 1.165) is 5.56 Å². The predicted octanol–water partition coefficient (Wildman–Crippen LogP) is -0.391. The molecule has 0 aliphatic heterocycles. The summed E-state index contributed by atoms with van der Waals surface area (Å²) in [7, 11) is 3.29. The Hall–Kier alpha value is -1.40. The molecule has 0 aliphatic rings. The van der Waals surface area contributed by atoms with Gasteiger partial charge in [-0.05, 0) is 0 Å². The van der Waals surface area contributed by atoms with E-state index in [2.05, 4.69) is 10.4 Å². The van der Waals surface area contributed by atoms with Gasteiger partial charge >= 0.3 is 5.97 Å². The summed E-state index contributed by atoms with van der Waals surface area (Å²) in [5.74, 6) is -0.916. The molecule has 15 heavy (non-hydrogen) atoms. The van der Waals surface area contributed by atoms with E-state index in [1.807, 2.05) is 13.2 Å². The quantitative estimate of drug-likeness (QED) is 0.673. The molecule has 1 aromatic rings. The number of aliphatic carboxylic acids is 1. The minimum Gasteiger partial charge on any atom is -0.480 e. The number of hydrogen-bond donors (Lipinski definition) is 2. The van der Waals surface area contributed by atoms with Gasteiger partial charge < -0.3 is 9.84 Å². The van der Waals surface area contributed by atoms with Gasteiger partial charge in [0.2, 0.25) is 0 Å². The molecule has 0 saturated heterocycles. The van der Waals surface area contributed by atoms with Gasteiger partial charge in [0, 0.05) is 32.5 Å². The average molecular weight is 213 g/mol. The highest BCUT2D eigenvalue weighted by atomic mass is 16.5. The van der Waals surface area contributed by atoms with Gasteiger partial charge in [0.25, 0.3) is 0 Å². The molecule has 0 aromatic carbocycles. The number of nitrogens with one attached hydrogen (secondary N) is 1. The number of carbonyl (C=O) groups is 1. The van der Waals surface area contributed by atoms with Crippen LogP contribution in [-0.2, 0) is 23.1 Å². The zero-order valence-electron chi connectivity index (χ0n) is 8.80. The van der Waals surface area contributed by atoms with Gasteiger partial charge in [-0.25, -0.2) is 0 Å². The van der Waals surface area contributed by atoms with Gasteiger partial charge in [0.05, 0.1) is 12.8 Å². The highest BCUT2D eigenvalue weighted by Crippen LogP contribution is 1.96. The number of aromatic nitrogens is 2. The Bertz CT molecular complexity index is 324. The minimum atomic E-state index is -0.916. The number of hydrogen-bond acceptors (Lipinski definition) is 4. The lowest BCUT2D eigenvalue weighted by molar-refractivity contribution is -0.140. The summed E-state index contributed by atoms with van der Waals surface area (Å²) in [6.45, 7) is 0.615. The molecule has 0 saturated carbocycles. The number of aryl methyl sites for hydroxylation is 1. The summed E-state index contributed by atoms with van der Waals surface area (Å²) in [6, 6.07) is -0.685. The normalized spacial score (nSPS) is 12.7. The van der Waals surface area contributed by atoms with Crippen LogP contribution in [0.3, 0.4) is 0 Å². The molecule has 6 heteroatoms. The number of methoxy groups -OCH3 is 1. The first-order chi connectivity index (χ1) is 7.13. The zero-order chi connectivity index (χ0) is 11.3. The van der Waals surface area contributed by atoms with Gasteiger partial charge in [0.15, 0.2) is 0 Å². The van der Waals surface area contributed by atoms with Crippen molar-refractivity contribution in [3.05, 3.63) is 18.0 Å². The summed E-state index contributed by atoms with van der Waals surface area (Å²) in [4.78, 5) is 10.8. The van der Waals surface area contributed by atoms with Gasteiger partial charge in [-0.15, -0.1) is 0 Å². The van der Waals surface area contributed by atoms with Crippen LogP contribution in [-0.4, -0.2) is 40.6 Å². The predicted molar refractivity (Wildman–Crippen MR) is 53.3 cm³/mol. The molecule has 1 rings (SSSR count). The summed E-state index contributed by atoms with van der Waals surface area (Å²) >= 11 is 0. The molecule has 0 aliphatic carbocycles. The SMILES string of the molecule is COCC(NCc1cnn(C)c1)C(=O)O. The molecule has 0 spiro atoms. The number of nitrogens with zero attached hydrogens (tertiary/aromatic N) is 2. The maximum Gasteiger partial charge on any atom is 0.323 e. The maximum absolute atomic E-state index is 10.8. The average Bonchev–Trinajstić information content (AvgIpc) is 2.58. The van der Waals surface area contributed by atoms with Crippen LogP contribution in [0.1, 0.15) is 5.56 Å². The molecule has 0 amide bonds. The van der Waals surface area contributed by atoms with E-state index >= 15 is 0 Å². The fourth-order valence-corrected chi connectivity index (χ4v) is 1.19. The lowest BCUT2D eigenvalue weighted by Crippen LogP contribution is -2.39. The summed E-state index contributed by atoms with van der Waals surface area (Å²) in [6.07, 6.45) is 3.53. The molecular weight excluding hydrogens is 198 g/mol. The molecule has 1 heterocycles. The molecule has 84 valence electrons. The zero-order valence-corrected chi connectivity index (χ0v) is 8.80. The van der Waals surface area contributed by atoms with E-state index in [0.29, 0.717) is 6.54 Å². The largest absolute Gasteiger partial charge is 0.480 e. The fraction of sp³-hybridized carbons (Fsp3) is 0.556. The van der Waals surface area contributed by atoms with Crippen molar-refractivity contribution in [2.45, 2.75) is 12.6 Å². The van der Waals surface area contributed by atoms with Crippen LogP contribution < -0.4 is 5.32 Å². The lowest BCUT2D eigenvalue weighted by Gasteiger charge is -2.12. The summed E-state index contributed by atoms with van der Waals surface area (Å²) in [5, 5.41) is 15.7. The van der Waals surface area contributed by atoms with Crippen molar-refractivity contribution >= 4 is 5.97 Å². The first-order valence-electron chi connectivity index (χ1n) is 4.56. The number of rotatable bonds is 6. The molecule has 0 radical (unpaired) electrons. The Kier molecular flexibility index (Phi) is 4.26. The van der Waals surface area contributed by atoms with Crippen LogP contribution >= 0.6 is 0 Å². The second-order valence-corrected chi connectivity index (χ2v) is 3.25. The first kappa shape index (κ1) is 11.7. The minimum absolute atomic E-state index is 0.148. The second kappa shape index (κ2) is 5.47. The van der Waals surface area contributed by atoms with Crippen molar-refractivity contribution in [1.29, 1.82) is 0 Å². The van der Waals surface area contributed by atoms with Crippen molar-refractivity contribution in [3.8, 4) is 0 Å². The Morgan fingerprint density at radius 3 is 3.00 bits per heavy atom. The van der Waals surface area contributed by atoms with Gasteiger partial charge in [-0.3, -0.25) is 14.8 Å². The number of carboxylic acid groups (broad SMARTS) is 1. The van der Waals surface area contributed by atoms with Crippen molar-refractivity contribution in [2.24, 2.45) is 7.05 Å². The van der Waals surface area contributed by atoms with Gasteiger partial charge in [-0.1, -0.05) is 0 Å². The third kappa shape index (κ3) is 3.69. The maximum atomic E-state index is 10.8. The number of carboxylic acids is 1. The third-order valence-electron chi connectivity index (χ3n) is 1.94. The van der Waals surface area contributed by atoms with Crippen LogP contribution in [0.15, 0.2) is 12.4 Å². The number of ether oxygens (including phenoxy) is 1. The van der Waals surface area contributed by atoms with E-state index in [1.165, 1.54) is 7.11 Å². The van der Waals surface area contributed by atoms with E-state index < -0.39 is 12.0 Å². The van der Waals surface area contributed by atoms with Crippen molar-refractivity contribution in [1.82, 2.24) is 15.1 Å². The molecule has 1 aromatic heterocycles. The Labute approximate surface area is 87.8 Å². The second-order valence-electron chi connectivity index (χ2n) is 3.25. The molecule has 6 nitrogen and oxygen atoms in total. The summed E-state index contributed by atoms with van der Waals surface area (Å²) < 4.78 is 6.46. The molecule has 1 atom stereocenters. The van der Waals surface area contributed by atoms with Crippen LogP contribution in [0.4, 0.5) is 0 Å². The summed E-state index contributed by atoms with van der Waals surface area (Å²) in [5.41, 5.74) is 0.944. The Balaban J connectivity index is 2.43. The monoisotopic (exact) mass is 213 g/mol. The van der Waals surface area contributed by atoms with Gasteiger partial charge in [-0.2, -0.15) is 5.10 Å². The highest BCUT2D eigenvalue weighted by Gasteiger charge is 2.16. The van der Waals surface area contributed by atoms with Crippen molar-refractivity contribution < 1.29 is 14.6 Å². The molecule has 0 fully saturated rings. The Morgan fingerprint density at radius 1 is 1.80 bits per heavy atom. The first-order valence-corrected chi connectivity index (χ1v) is 4.56. The Morgan fingerprint density at radius 2 is 2.53 bits per heavy atom. The van der Waals surface area contributed by atoms with Crippen molar-refractivity contribution in [2.75, 3.05) is 13.7 Å². The topological polar surface area (TPSA) is 76.4 Å². The van der Waals surface area contributed by atoms with Crippen LogP contribution in [0.2, 0.25) is 0 Å². The lowest BCUT2D eigenvalue weighted by atomic mass is 10.3. The van der Waals surface area contributed by atoms with E-state index in [-0.39, 0.29) is 6.61 Å². The smallest absolute Gasteiger partial charge is 0.323 e. The highest BCUT2D eigenvalue weighted by molar-refractivity contribution is 5.73. The fourth-order valence-electron chi connectivity index (χ4n) is 1.19. The van der Waals surface area contributed by atoms with E-state index in [9.17, 15) is 4.79 Å². The molecular formula is C9H15N3O3. The van der Waals surface area contributed by atoms with Gasteiger partial charge in [0.1, 0.15) is 6.04 Å². The van der Waals surface area contributed by atoms with Crippen LogP contribution in [0.25, 0.3) is 0 Å².